The van der Waals surface area contributed by atoms with E-state index in [2.05, 4.69) is 0 Å². The molecule has 0 aliphatic rings. The summed E-state index contributed by atoms with van der Waals surface area (Å²) in [6.45, 7) is 9.80. The van der Waals surface area contributed by atoms with Gasteiger partial charge in [-0.15, -0.1) is 0 Å². The van der Waals surface area contributed by atoms with Gasteiger partial charge in [0.15, 0.2) is 0 Å². The van der Waals surface area contributed by atoms with E-state index in [4.69, 9.17) is 17.7 Å². The highest BCUT2D eigenvalue weighted by Crippen LogP contribution is 2.11. The summed E-state index contributed by atoms with van der Waals surface area (Å²) in [4.78, 5) is 0. The fourth-order valence-corrected chi connectivity index (χ4v) is 2.87. The van der Waals surface area contributed by atoms with Crippen molar-refractivity contribution >= 4 is 9.05 Å². The van der Waals surface area contributed by atoms with Crippen LogP contribution in [0.3, 0.4) is 0 Å². The molecule has 0 aromatic carbocycles. The first-order valence-electron chi connectivity index (χ1n) is 4.80. The van der Waals surface area contributed by atoms with Crippen LogP contribution in [0, 0.1) is 7.43 Å². The molecule has 0 aliphatic carbocycles. The van der Waals surface area contributed by atoms with Gasteiger partial charge in [0.1, 0.15) is 0 Å². The zero-order valence-electron chi connectivity index (χ0n) is 9.96. The molecule has 0 aromatic rings. The lowest BCUT2D eigenvalue weighted by Crippen LogP contribution is -2.49. The van der Waals surface area contributed by atoms with Crippen molar-refractivity contribution in [2.75, 3.05) is 26.4 Å². The van der Waals surface area contributed by atoms with Gasteiger partial charge in [-0.2, -0.15) is 0 Å². The van der Waals surface area contributed by atoms with Crippen molar-refractivity contribution in [3.05, 3.63) is 7.43 Å². The number of rotatable bonds is 8. The second kappa shape index (κ2) is 9.61. The molecule has 0 rings (SSSR count). The molecule has 87 valence electrons. The zero-order chi connectivity index (χ0) is 10.2. The lowest BCUT2D eigenvalue weighted by molar-refractivity contribution is -0.0247. The van der Waals surface area contributed by atoms with E-state index < -0.39 is 9.05 Å². The highest BCUT2D eigenvalue weighted by atomic mass is 28.4. The molecule has 0 aromatic heterocycles. The summed E-state index contributed by atoms with van der Waals surface area (Å²) in [5.74, 6) is 0. The van der Waals surface area contributed by atoms with E-state index in [1.165, 1.54) is 0 Å². The SMILES string of the molecule is CCO[Si](OCC)(OCC)OCC.[CH3]. The Bertz CT molecular complexity index is 91.9. The smallest absolute Gasteiger partial charge is 0.351 e. The maximum Gasteiger partial charge on any atom is 0.679 e. The van der Waals surface area contributed by atoms with Crippen LogP contribution in [0.5, 0.6) is 0 Å². The molecule has 0 spiro atoms. The molecule has 14 heavy (non-hydrogen) atoms. The lowest BCUT2D eigenvalue weighted by Gasteiger charge is -2.26. The van der Waals surface area contributed by atoms with Crippen molar-refractivity contribution in [2.45, 2.75) is 27.7 Å². The molecule has 0 saturated carbocycles. The van der Waals surface area contributed by atoms with Gasteiger partial charge >= 0.3 is 9.05 Å². The normalized spacial score (nSPS) is 11.1. The Kier molecular flexibility index (Phi) is 11.3. The van der Waals surface area contributed by atoms with Gasteiger partial charge in [0.2, 0.25) is 0 Å². The molecule has 5 heteroatoms. The van der Waals surface area contributed by atoms with E-state index in [1.54, 1.807) is 0 Å². The largest absolute Gasteiger partial charge is 0.679 e. The Morgan fingerprint density at radius 3 is 1.00 bits per heavy atom. The van der Waals surface area contributed by atoms with Gasteiger partial charge in [-0.1, -0.05) is 7.43 Å². The molecule has 0 aliphatic heterocycles. The molecule has 1 radical (unpaired) electrons. The van der Waals surface area contributed by atoms with E-state index in [1.807, 2.05) is 27.7 Å². The minimum absolute atomic E-state index is 0. The van der Waals surface area contributed by atoms with Crippen molar-refractivity contribution in [3.8, 4) is 0 Å². The van der Waals surface area contributed by atoms with E-state index in [0.29, 0.717) is 26.4 Å². The minimum atomic E-state index is -2.80. The van der Waals surface area contributed by atoms with Gasteiger partial charge in [-0.25, -0.2) is 0 Å². The Labute approximate surface area is 89.0 Å². The Morgan fingerprint density at radius 1 is 0.643 bits per heavy atom. The second-order valence-electron chi connectivity index (χ2n) is 2.23. The highest BCUT2D eigenvalue weighted by molar-refractivity contribution is 6.53. The maximum atomic E-state index is 5.42. The summed E-state index contributed by atoms with van der Waals surface area (Å²) in [5.41, 5.74) is 0. The van der Waals surface area contributed by atoms with Crippen LogP contribution in [0.25, 0.3) is 0 Å². The zero-order valence-corrected chi connectivity index (χ0v) is 11.0. The van der Waals surface area contributed by atoms with Crippen LogP contribution in [0.2, 0.25) is 0 Å². The first-order chi connectivity index (χ1) is 6.24. The predicted molar refractivity (Wildman–Crippen MR) is 58.7 cm³/mol. The van der Waals surface area contributed by atoms with Gasteiger partial charge in [0, 0.05) is 26.4 Å². The predicted octanol–water partition coefficient (Wildman–Crippen LogP) is 2.02. The Balaban J connectivity index is 0. The first kappa shape index (κ1) is 16.5. The molecular weight excluding hydrogens is 200 g/mol. The Morgan fingerprint density at radius 2 is 0.857 bits per heavy atom. The van der Waals surface area contributed by atoms with Crippen LogP contribution in [0.4, 0.5) is 0 Å². The van der Waals surface area contributed by atoms with Gasteiger partial charge in [0.25, 0.3) is 0 Å². The van der Waals surface area contributed by atoms with Crippen LogP contribution in [0.15, 0.2) is 0 Å². The first-order valence-corrected chi connectivity index (χ1v) is 6.43. The molecular formula is C9H23O4Si. The van der Waals surface area contributed by atoms with Crippen LogP contribution < -0.4 is 0 Å². The van der Waals surface area contributed by atoms with Crippen molar-refractivity contribution in [1.29, 1.82) is 0 Å². The molecule has 0 heterocycles. The van der Waals surface area contributed by atoms with Crippen LogP contribution in [-0.2, 0) is 17.7 Å². The quantitative estimate of drug-likeness (QED) is 0.590. The van der Waals surface area contributed by atoms with Crippen LogP contribution >= 0.6 is 0 Å². The molecule has 0 unspecified atom stereocenters. The molecule has 4 nitrogen and oxygen atoms in total. The summed E-state index contributed by atoms with van der Waals surface area (Å²) < 4.78 is 21.7. The van der Waals surface area contributed by atoms with Gasteiger partial charge in [0.05, 0.1) is 0 Å². The summed E-state index contributed by atoms with van der Waals surface area (Å²) in [5, 5.41) is 0. The summed E-state index contributed by atoms with van der Waals surface area (Å²) >= 11 is 0. The van der Waals surface area contributed by atoms with Gasteiger partial charge < -0.3 is 17.7 Å². The summed E-state index contributed by atoms with van der Waals surface area (Å²) in [6, 6.07) is 0. The maximum absolute atomic E-state index is 5.42. The van der Waals surface area contributed by atoms with E-state index in [0.717, 1.165) is 0 Å². The summed E-state index contributed by atoms with van der Waals surface area (Å²) in [6.07, 6.45) is 0. The van der Waals surface area contributed by atoms with Gasteiger partial charge in [-0.3, -0.25) is 0 Å². The number of hydrogen-bond acceptors (Lipinski definition) is 4. The fraction of sp³-hybridized carbons (Fsp3) is 0.889. The molecule has 0 N–H and O–H groups in total. The second-order valence-corrected chi connectivity index (χ2v) is 4.39. The van der Waals surface area contributed by atoms with Crippen molar-refractivity contribution in [2.24, 2.45) is 0 Å². The number of hydrogen-bond donors (Lipinski definition) is 0. The monoisotopic (exact) mass is 223 g/mol. The molecule has 0 bridgehead atoms. The third-order valence-electron chi connectivity index (χ3n) is 1.28. The van der Waals surface area contributed by atoms with Crippen molar-refractivity contribution < 1.29 is 17.7 Å². The van der Waals surface area contributed by atoms with E-state index in [9.17, 15) is 0 Å². The average Bonchev–Trinajstić information content (AvgIpc) is 2.06. The topological polar surface area (TPSA) is 36.9 Å². The lowest BCUT2D eigenvalue weighted by atomic mass is 10.9. The highest BCUT2D eigenvalue weighted by Gasteiger charge is 2.44. The minimum Gasteiger partial charge on any atom is -0.351 e. The molecule has 0 fully saturated rings. The average molecular weight is 223 g/mol. The van der Waals surface area contributed by atoms with E-state index in [-0.39, 0.29) is 7.43 Å². The third kappa shape index (κ3) is 5.72. The fourth-order valence-electron chi connectivity index (χ4n) is 0.957. The standard InChI is InChI=1S/C8H20O4Si.CH3/c1-5-9-13(10-6-2,11-7-3)12-8-4;/h5-8H2,1-4H3;1H3. The molecule has 0 saturated heterocycles. The summed E-state index contributed by atoms with van der Waals surface area (Å²) in [7, 11) is -2.80. The Hall–Kier alpha value is 0.0569. The molecule has 0 amide bonds. The third-order valence-corrected chi connectivity index (χ3v) is 3.85. The molecule has 0 atom stereocenters. The van der Waals surface area contributed by atoms with Crippen molar-refractivity contribution in [1.82, 2.24) is 0 Å². The van der Waals surface area contributed by atoms with E-state index >= 15 is 0 Å². The van der Waals surface area contributed by atoms with Crippen LogP contribution in [0.1, 0.15) is 27.7 Å². The van der Waals surface area contributed by atoms with Crippen molar-refractivity contribution in [3.63, 3.8) is 0 Å². The van der Waals surface area contributed by atoms with Gasteiger partial charge in [-0.05, 0) is 27.7 Å². The van der Waals surface area contributed by atoms with Crippen LogP contribution in [-0.4, -0.2) is 35.5 Å².